The van der Waals surface area contributed by atoms with Crippen LogP contribution in [0, 0.1) is 6.92 Å². The van der Waals surface area contributed by atoms with Gasteiger partial charge in [0, 0.05) is 12.3 Å². The van der Waals surface area contributed by atoms with Gasteiger partial charge in [0.15, 0.2) is 0 Å². The van der Waals surface area contributed by atoms with Crippen LogP contribution < -0.4 is 19.1 Å². The molecular formula is C22H23N3O5S. The van der Waals surface area contributed by atoms with Crippen molar-refractivity contribution in [1.29, 1.82) is 0 Å². The molecule has 0 aliphatic carbocycles. The number of methoxy groups -OCH3 is 2. The first kappa shape index (κ1) is 22.1. The van der Waals surface area contributed by atoms with E-state index < -0.39 is 22.5 Å². The molecule has 0 aliphatic heterocycles. The fourth-order valence-corrected chi connectivity index (χ4v) is 4.68. The van der Waals surface area contributed by atoms with Crippen LogP contribution in [0.5, 0.6) is 11.5 Å². The highest BCUT2D eigenvalue weighted by atomic mass is 32.2. The van der Waals surface area contributed by atoms with E-state index in [1.54, 1.807) is 55.6 Å². The van der Waals surface area contributed by atoms with Gasteiger partial charge < -0.3 is 14.8 Å². The number of hydrogen-bond acceptors (Lipinski definition) is 6. The van der Waals surface area contributed by atoms with Crippen molar-refractivity contribution in [2.75, 3.05) is 30.4 Å². The van der Waals surface area contributed by atoms with Gasteiger partial charge in [0.25, 0.3) is 10.0 Å². The Morgan fingerprint density at radius 1 is 1.06 bits per heavy atom. The zero-order chi connectivity index (χ0) is 22.4. The molecule has 0 saturated heterocycles. The number of nitrogens with one attached hydrogen (secondary N) is 1. The van der Waals surface area contributed by atoms with E-state index in [0.717, 1.165) is 4.31 Å². The predicted molar refractivity (Wildman–Crippen MR) is 118 cm³/mol. The smallest absolute Gasteiger partial charge is 0.265 e. The number of benzene rings is 2. The highest BCUT2D eigenvalue weighted by molar-refractivity contribution is 7.93. The first-order chi connectivity index (χ1) is 14.9. The minimum absolute atomic E-state index is 0.0917. The number of ether oxygens (including phenoxy) is 2. The molecule has 0 spiro atoms. The van der Waals surface area contributed by atoms with Crippen LogP contribution in [-0.4, -0.2) is 40.1 Å². The van der Waals surface area contributed by atoms with Crippen molar-refractivity contribution in [2.45, 2.75) is 11.8 Å². The topological polar surface area (TPSA) is 97.8 Å². The summed E-state index contributed by atoms with van der Waals surface area (Å²) in [6.07, 6.45) is 3.05. The lowest BCUT2D eigenvalue weighted by atomic mass is 10.2. The second-order valence-electron chi connectivity index (χ2n) is 6.60. The van der Waals surface area contributed by atoms with Crippen molar-refractivity contribution >= 4 is 27.3 Å². The molecule has 1 amide bonds. The van der Waals surface area contributed by atoms with E-state index >= 15 is 0 Å². The van der Waals surface area contributed by atoms with Crippen LogP contribution >= 0.6 is 0 Å². The van der Waals surface area contributed by atoms with Gasteiger partial charge in [0.1, 0.15) is 18.0 Å². The van der Waals surface area contributed by atoms with Crippen LogP contribution in [0.2, 0.25) is 0 Å². The van der Waals surface area contributed by atoms with Gasteiger partial charge in [-0.25, -0.2) is 8.42 Å². The third-order valence-electron chi connectivity index (χ3n) is 4.55. The molecule has 1 N–H and O–H groups in total. The third-order valence-corrected chi connectivity index (χ3v) is 6.47. The first-order valence-electron chi connectivity index (χ1n) is 9.37. The average molecular weight is 442 g/mol. The quantitative estimate of drug-likeness (QED) is 0.576. The van der Waals surface area contributed by atoms with Gasteiger partial charge in [0.2, 0.25) is 5.91 Å². The summed E-state index contributed by atoms with van der Waals surface area (Å²) in [6.45, 7) is 1.22. The number of amides is 1. The van der Waals surface area contributed by atoms with Gasteiger partial charge in [-0.15, -0.1) is 0 Å². The zero-order valence-corrected chi connectivity index (χ0v) is 18.2. The molecule has 162 valence electrons. The maximum absolute atomic E-state index is 13.6. The van der Waals surface area contributed by atoms with Crippen molar-refractivity contribution in [3.8, 4) is 11.5 Å². The maximum atomic E-state index is 13.6. The fourth-order valence-electron chi connectivity index (χ4n) is 3.02. The second-order valence-corrected chi connectivity index (χ2v) is 8.44. The summed E-state index contributed by atoms with van der Waals surface area (Å²) < 4.78 is 39.0. The van der Waals surface area contributed by atoms with E-state index in [4.69, 9.17) is 9.47 Å². The van der Waals surface area contributed by atoms with Gasteiger partial charge >= 0.3 is 0 Å². The number of hydrogen-bond donors (Lipinski definition) is 1. The molecule has 0 atom stereocenters. The molecule has 3 rings (SSSR count). The Morgan fingerprint density at radius 2 is 1.84 bits per heavy atom. The molecular weight excluding hydrogens is 418 g/mol. The summed E-state index contributed by atoms with van der Waals surface area (Å²) in [5, 5.41) is 2.67. The van der Waals surface area contributed by atoms with E-state index in [1.807, 2.05) is 0 Å². The van der Waals surface area contributed by atoms with E-state index in [0.29, 0.717) is 17.0 Å². The number of rotatable bonds is 8. The van der Waals surface area contributed by atoms with Crippen LogP contribution in [0.4, 0.5) is 11.4 Å². The SMILES string of the molecule is COc1ccc(OC)c(N(CC(=O)Nc2cccnc2)S(=O)(=O)c2ccccc2C)c1. The Labute approximate surface area is 181 Å². The third kappa shape index (κ3) is 4.95. The van der Waals surface area contributed by atoms with Crippen LogP contribution in [0.3, 0.4) is 0 Å². The van der Waals surface area contributed by atoms with Crippen molar-refractivity contribution < 1.29 is 22.7 Å². The van der Waals surface area contributed by atoms with Crippen molar-refractivity contribution in [3.63, 3.8) is 0 Å². The monoisotopic (exact) mass is 441 g/mol. The number of carbonyl (C=O) groups is 1. The molecule has 3 aromatic rings. The standard InChI is InChI=1S/C22H23N3O5S/c1-16-7-4-5-9-21(16)31(27,28)25(15-22(26)24-17-8-6-12-23-14-17)19-13-18(29-2)10-11-20(19)30-3/h4-14H,15H2,1-3H3,(H,24,26). The van der Waals surface area contributed by atoms with Crippen molar-refractivity contribution in [1.82, 2.24) is 4.98 Å². The van der Waals surface area contributed by atoms with E-state index in [2.05, 4.69) is 10.3 Å². The van der Waals surface area contributed by atoms with Crippen LogP contribution in [0.15, 0.2) is 71.9 Å². The number of sulfonamides is 1. The van der Waals surface area contributed by atoms with Gasteiger partial charge in [-0.05, 0) is 42.8 Å². The summed E-state index contributed by atoms with van der Waals surface area (Å²) in [4.78, 5) is 16.8. The average Bonchev–Trinajstić information content (AvgIpc) is 2.77. The highest BCUT2D eigenvalue weighted by Crippen LogP contribution is 2.36. The number of pyridine rings is 1. The molecule has 2 aromatic carbocycles. The first-order valence-corrected chi connectivity index (χ1v) is 10.8. The zero-order valence-electron chi connectivity index (χ0n) is 17.4. The van der Waals surface area contributed by atoms with E-state index in [-0.39, 0.29) is 16.3 Å². The van der Waals surface area contributed by atoms with Crippen molar-refractivity contribution in [3.05, 3.63) is 72.6 Å². The molecule has 0 saturated carbocycles. The van der Waals surface area contributed by atoms with Crippen molar-refractivity contribution in [2.24, 2.45) is 0 Å². The summed E-state index contributed by atoms with van der Waals surface area (Å²) >= 11 is 0. The predicted octanol–water partition coefficient (Wildman–Crippen LogP) is 3.24. The van der Waals surface area contributed by atoms with E-state index in [1.165, 1.54) is 32.5 Å². The lowest BCUT2D eigenvalue weighted by Crippen LogP contribution is -2.38. The Hall–Kier alpha value is -3.59. The normalized spacial score (nSPS) is 10.9. The summed E-state index contributed by atoms with van der Waals surface area (Å²) in [7, 11) is -1.21. The summed E-state index contributed by atoms with van der Waals surface area (Å²) in [6, 6.07) is 14.7. The van der Waals surface area contributed by atoms with Crippen LogP contribution in [0.1, 0.15) is 5.56 Å². The number of anilines is 2. The summed E-state index contributed by atoms with van der Waals surface area (Å²) in [5.41, 5.74) is 1.20. The number of aromatic nitrogens is 1. The minimum Gasteiger partial charge on any atom is -0.497 e. The lowest BCUT2D eigenvalue weighted by Gasteiger charge is -2.26. The number of carbonyl (C=O) groups excluding carboxylic acids is 1. The largest absolute Gasteiger partial charge is 0.497 e. The molecule has 0 fully saturated rings. The molecule has 0 bridgehead atoms. The molecule has 8 nitrogen and oxygen atoms in total. The Balaban J connectivity index is 2.08. The molecule has 1 aromatic heterocycles. The highest BCUT2D eigenvalue weighted by Gasteiger charge is 2.31. The minimum atomic E-state index is -4.11. The number of aryl methyl sites for hydroxylation is 1. The molecule has 31 heavy (non-hydrogen) atoms. The van der Waals surface area contributed by atoms with Gasteiger partial charge in [0.05, 0.1) is 36.7 Å². The number of nitrogens with zero attached hydrogens (tertiary/aromatic N) is 2. The van der Waals surface area contributed by atoms with Crippen LogP contribution in [-0.2, 0) is 14.8 Å². The molecule has 0 unspecified atom stereocenters. The van der Waals surface area contributed by atoms with Gasteiger partial charge in [-0.3, -0.25) is 14.1 Å². The fraction of sp³-hybridized carbons (Fsp3) is 0.182. The maximum Gasteiger partial charge on any atom is 0.265 e. The Morgan fingerprint density at radius 3 is 2.48 bits per heavy atom. The van der Waals surface area contributed by atoms with E-state index in [9.17, 15) is 13.2 Å². The lowest BCUT2D eigenvalue weighted by molar-refractivity contribution is -0.114. The second kappa shape index (κ2) is 9.48. The molecule has 1 heterocycles. The molecule has 0 aliphatic rings. The van der Waals surface area contributed by atoms with Gasteiger partial charge in [-0.1, -0.05) is 18.2 Å². The van der Waals surface area contributed by atoms with Crippen LogP contribution in [0.25, 0.3) is 0 Å². The molecule has 9 heteroatoms. The summed E-state index contributed by atoms with van der Waals surface area (Å²) in [5.74, 6) is 0.177. The Bertz CT molecular complexity index is 1170. The Kier molecular flexibility index (Phi) is 6.76. The van der Waals surface area contributed by atoms with Gasteiger partial charge in [-0.2, -0.15) is 0 Å². The molecule has 0 radical (unpaired) electrons.